The van der Waals surface area contributed by atoms with E-state index >= 15 is 0 Å². The van der Waals surface area contributed by atoms with Crippen LogP contribution in [-0.4, -0.2) is 24.1 Å². The summed E-state index contributed by atoms with van der Waals surface area (Å²) in [5, 5.41) is 0. The van der Waals surface area contributed by atoms with Gasteiger partial charge in [-0.2, -0.15) is 0 Å². The Morgan fingerprint density at radius 2 is 2.33 bits per heavy atom. The molecular weight excluding hydrogens is 254 g/mol. The van der Waals surface area contributed by atoms with Crippen LogP contribution < -0.4 is 10.6 Å². The summed E-state index contributed by atoms with van der Waals surface area (Å²) in [5.41, 5.74) is 5.99. The molecule has 2 atom stereocenters. The smallest absolute Gasteiger partial charge is 0.128 e. The molecule has 1 aromatic heterocycles. The number of hydrogen-bond donors (Lipinski definition) is 1. The van der Waals surface area contributed by atoms with Gasteiger partial charge in [0.1, 0.15) is 5.82 Å². The first-order chi connectivity index (χ1) is 7.16. The molecule has 2 unspecified atom stereocenters. The molecule has 1 aromatic rings. The van der Waals surface area contributed by atoms with Crippen LogP contribution in [0.25, 0.3) is 0 Å². The van der Waals surface area contributed by atoms with Crippen molar-refractivity contribution >= 4 is 21.7 Å². The predicted molar refractivity (Wildman–Crippen MR) is 65.9 cm³/mol. The zero-order chi connectivity index (χ0) is 10.8. The van der Waals surface area contributed by atoms with Gasteiger partial charge in [0.2, 0.25) is 0 Å². The van der Waals surface area contributed by atoms with Crippen molar-refractivity contribution in [2.24, 2.45) is 11.7 Å². The summed E-state index contributed by atoms with van der Waals surface area (Å²) in [7, 11) is 0. The van der Waals surface area contributed by atoms with Crippen molar-refractivity contribution in [3.63, 3.8) is 0 Å². The van der Waals surface area contributed by atoms with Gasteiger partial charge in [-0.3, -0.25) is 0 Å². The molecule has 0 aromatic carbocycles. The van der Waals surface area contributed by atoms with Crippen LogP contribution in [-0.2, 0) is 0 Å². The molecule has 3 nitrogen and oxygen atoms in total. The van der Waals surface area contributed by atoms with Crippen LogP contribution in [0.15, 0.2) is 22.8 Å². The highest BCUT2D eigenvalue weighted by atomic mass is 79.9. The molecule has 4 heteroatoms. The minimum absolute atomic E-state index is 0.344. The van der Waals surface area contributed by atoms with E-state index in [0.29, 0.717) is 12.0 Å². The van der Waals surface area contributed by atoms with Gasteiger partial charge in [0.15, 0.2) is 0 Å². The molecule has 0 radical (unpaired) electrons. The van der Waals surface area contributed by atoms with E-state index in [1.807, 2.05) is 18.3 Å². The summed E-state index contributed by atoms with van der Waals surface area (Å²) in [6, 6.07) is 4.42. The fourth-order valence-electron chi connectivity index (χ4n) is 1.93. The van der Waals surface area contributed by atoms with E-state index in [9.17, 15) is 0 Å². The summed E-state index contributed by atoms with van der Waals surface area (Å²) >= 11 is 3.39. The summed E-state index contributed by atoms with van der Waals surface area (Å²) in [6.45, 7) is 4.23. The Labute approximate surface area is 98.8 Å². The van der Waals surface area contributed by atoms with E-state index in [1.54, 1.807) is 0 Å². The maximum absolute atomic E-state index is 5.99. The van der Waals surface area contributed by atoms with Crippen LogP contribution in [0.4, 0.5) is 5.82 Å². The van der Waals surface area contributed by atoms with E-state index in [1.165, 1.54) is 0 Å². The summed E-state index contributed by atoms with van der Waals surface area (Å²) in [5.74, 6) is 1.60. The molecule has 2 heterocycles. The van der Waals surface area contributed by atoms with Crippen molar-refractivity contribution in [3.05, 3.63) is 22.8 Å². The number of nitrogens with zero attached hydrogens (tertiary/aromatic N) is 2. The molecule has 0 bridgehead atoms. The second-order valence-electron chi connectivity index (χ2n) is 4.21. The van der Waals surface area contributed by atoms with Gasteiger partial charge in [-0.15, -0.1) is 0 Å². The second kappa shape index (κ2) is 4.49. The van der Waals surface area contributed by atoms with E-state index in [0.717, 1.165) is 29.8 Å². The zero-order valence-electron chi connectivity index (χ0n) is 8.86. The average Bonchev–Trinajstić information content (AvgIpc) is 2.23. The molecule has 82 valence electrons. The number of nitrogens with two attached hydrogens (primary N) is 1. The van der Waals surface area contributed by atoms with Crippen molar-refractivity contribution in [3.8, 4) is 0 Å². The largest absolute Gasteiger partial charge is 0.356 e. The molecule has 0 spiro atoms. The zero-order valence-corrected chi connectivity index (χ0v) is 10.4. The van der Waals surface area contributed by atoms with Crippen LogP contribution in [0.3, 0.4) is 0 Å². The maximum atomic E-state index is 5.99. The fraction of sp³-hybridized carbons (Fsp3) is 0.545. The van der Waals surface area contributed by atoms with E-state index in [2.05, 4.69) is 32.7 Å². The van der Waals surface area contributed by atoms with E-state index < -0.39 is 0 Å². The topological polar surface area (TPSA) is 42.2 Å². The summed E-state index contributed by atoms with van der Waals surface area (Å²) in [4.78, 5) is 6.71. The molecule has 0 amide bonds. The van der Waals surface area contributed by atoms with Crippen LogP contribution in [0.1, 0.15) is 13.3 Å². The number of hydrogen-bond acceptors (Lipinski definition) is 3. The van der Waals surface area contributed by atoms with Crippen molar-refractivity contribution in [2.45, 2.75) is 19.4 Å². The lowest BCUT2D eigenvalue weighted by Gasteiger charge is -2.35. The minimum atomic E-state index is 0.344. The molecule has 1 fully saturated rings. The molecule has 1 aliphatic rings. The third kappa shape index (κ3) is 2.49. The molecule has 15 heavy (non-hydrogen) atoms. The molecule has 2 N–H and O–H groups in total. The summed E-state index contributed by atoms with van der Waals surface area (Å²) in [6.07, 6.45) is 2.90. The lowest BCUT2D eigenvalue weighted by Crippen LogP contribution is -2.46. The number of pyridine rings is 1. The van der Waals surface area contributed by atoms with Crippen LogP contribution >= 0.6 is 15.9 Å². The molecule has 2 rings (SSSR count). The third-order valence-corrected chi connectivity index (χ3v) is 3.48. The Balaban J connectivity index is 2.08. The van der Waals surface area contributed by atoms with Gasteiger partial charge in [-0.05, 0) is 40.4 Å². The highest BCUT2D eigenvalue weighted by Gasteiger charge is 2.23. The molecular formula is C11H16BrN3. The van der Waals surface area contributed by atoms with Crippen LogP contribution in [0, 0.1) is 5.92 Å². The molecule has 1 saturated heterocycles. The van der Waals surface area contributed by atoms with Crippen molar-refractivity contribution in [1.82, 2.24) is 4.98 Å². The number of aromatic nitrogens is 1. The van der Waals surface area contributed by atoms with Crippen molar-refractivity contribution in [2.75, 3.05) is 18.0 Å². The third-order valence-electron chi connectivity index (χ3n) is 3.01. The monoisotopic (exact) mass is 269 g/mol. The minimum Gasteiger partial charge on any atom is -0.356 e. The van der Waals surface area contributed by atoms with Gasteiger partial charge in [-0.25, -0.2) is 4.98 Å². The van der Waals surface area contributed by atoms with Gasteiger partial charge < -0.3 is 10.6 Å². The Hall–Kier alpha value is -0.610. The normalized spacial score (nSPS) is 26.7. The van der Waals surface area contributed by atoms with Crippen LogP contribution in [0.5, 0.6) is 0 Å². The number of piperidine rings is 1. The molecule has 0 saturated carbocycles. The fourth-order valence-corrected chi connectivity index (χ4v) is 2.16. The lowest BCUT2D eigenvalue weighted by molar-refractivity contribution is 0.381. The van der Waals surface area contributed by atoms with Crippen molar-refractivity contribution < 1.29 is 0 Å². The van der Waals surface area contributed by atoms with Gasteiger partial charge in [0, 0.05) is 29.8 Å². The second-order valence-corrected chi connectivity index (χ2v) is 5.13. The van der Waals surface area contributed by atoms with E-state index in [4.69, 9.17) is 5.73 Å². The van der Waals surface area contributed by atoms with Gasteiger partial charge in [0.05, 0.1) is 0 Å². The average molecular weight is 270 g/mol. The number of halogens is 1. The Bertz CT molecular complexity index is 325. The number of rotatable bonds is 1. The molecule has 0 aliphatic carbocycles. The Kier molecular flexibility index (Phi) is 3.26. The maximum Gasteiger partial charge on any atom is 0.128 e. The highest BCUT2D eigenvalue weighted by molar-refractivity contribution is 9.10. The summed E-state index contributed by atoms with van der Waals surface area (Å²) < 4.78 is 1.02. The quantitative estimate of drug-likeness (QED) is 0.848. The van der Waals surface area contributed by atoms with Crippen molar-refractivity contribution in [1.29, 1.82) is 0 Å². The molecule has 1 aliphatic heterocycles. The number of anilines is 1. The van der Waals surface area contributed by atoms with E-state index in [-0.39, 0.29) is 0 Å². The van der Waals surface area contributed by atoms with Gasteiger partial charge in [0.25, 0.3) is 0 Å². The Morgan fingerprint density at radius 1 is 1.53 bits per heavy atom. The first kappa shape index (κ1) is 10.9. The van der Waals surface area contributed by atoms with Gasteiger partial charge in [-0.1, -0.05) is 6.92 Å². The lowest BCUT2D eigenvalue weighted by atomic mass is 9.95. The Morgan fingerprint density at radius 3 is 2.93 bits per heavy atom. The van der Waals surface area contributed by atoms with Gasteiger partial charge >= 0.3 is 0 Å². The predicted octanol–water partition coefficient (Wildman–Crippen LogP) is 2.02. The van der Waals surface area contributed by atoms with Crippen LogP contribution in [0.2, 0.25) is 0 Å². The highest BCUT2D eigenvalue weighted by Crippen LogP contribution is 2.21. The first-order valence-electron chi connectivity index (χ1n) is 5.29. The first-order valence-corrected chi connectivity index (χ1v) is 6.08. The SMILES string of the molecule is CC1CN(c2ccc(Br)cn2)CCC1N. The standard InChI is InChI=1S/C11H16BrN3/c1-8-7-15(5-4-10(8)13)11-3-2-9(12)6-14-11/h2-3,6,8,10H,4-5,7,13H2,1H3.